The fraction of sp³-hybridized carbons (Fsp3) is 0.550. The average Bonchev–Trinajstić information content (AvgIpc) is 2.72. The Morgan fingerprint density at radius 2 is 1.30 bits per heavy atom. The second-order valence-electron chi connectivity index (χ2n) is 7.05. The van der Waals surface area contributed by atoms with Crippen LogP contribution in [0.15, 0.2) is 29.9 Å². The molecule has 3 aliphatic rings. The molecule has 1 aliphatic carbocycles. The summed E-state index contributed by atoms with van der Waals surface area (Å²) < 4.78 is 11.0. The zero-order valence-electron chi connectivity index (χ0n) is 15.9. The lowest BCUT2D eigenvalue weighted by molar-refractivity contribution is 0.121. The van der Waals surface area contributed by atoms with E-state index in [0.717, 1.165) is 62.3 Å². The molecule has 4 rings (SSSR count). The second-order valence-corrected chi connectivity index (χ2v) is 7.05. The van der Waals surface area contributed by atoms with Gasteiger partial charge in [-0.2, -0.15) is 15.0 Å². The molecule has 3 heterocycles. The van der Waals surface area contributed by atoms with Crippen molar-refractivity contribution >= 4 is 17.5 Å². The quantitative estimate of drug-likeness (QED) is 0.809. The van der Waals surface area contributed by atoms with Gasteiger partial charge >= 0.3 is 0 Å². The highest BCUT2D eigenvalue weighted by atomic mass is 16.5. The molecule has 27 heavy (non-hydrogen) atoms. The van der Waals surface area contributed by atoms with E-state index in [2.05, 4.69) is 41.0 Å². The number of rotatable bonds is 3. The van der Waals surface area contributed by atoms with Crippen LogP contribution in [-0.2, 0) is 9.47 Å². The van der Waals surface area contributed by atoms with Gasteiger partial charge in [0.05, 0.1) is 26.4 Å². The highest BCUT2D eigenvalue weighted by molar-refractivity contribution is 5.64. The molecule has 0 N–H and O–H groups in total. The molecule has 1 aromatic rings. The Labute approximate surface area is 160 Å². The summed E-state index contributed by atoms with van der Waals surface area (Å²) >= 11 is 0. The number of morpholine rings is 2. The molecule has 144 valence electrons. The van der Waals surface area contributed by atoms with Crippen molar-refractivity contribution in [2.75, 3.05) is 62.4 Å². The molecule has 0 radical (unpaired) electrons. The van der Waals surface area contributed by atoms with Crippen LogP contribution >= 0.6 is 0 Å². The Hall–Kier alpha value is -2.25. The zero-order valence-corrected chi connectivity index (χ0v) is 15.9. The van der Waals surface area contributed by atoms with Crippen molar-refractivity contribution in [2.45, 2.75) is 19.8 Å². The van der Waals surface area contributed by atoms with Gasteiger partial charge in [-0.3, -0.25) is 0 Å². The molecule has 0 saturated carbocycles. The molecule has 0 unspecified atom stereocenters. The maximum atomic E-state index is 5.49. The van der Waals surface area contributed by atoms with E-state index in [0.29, 0.717) is 26.4 Å². The highest BCUT2D eigenvalue weighted by Crippen LogP contribution is 2.25. The number of nitrogens with zero attached hydrogens (tertiary/aromatic N) is 5. The number of allylic oxidation sites excluding steroid dienone is 6. The first-order chi connectivity index (χ1) is 13.3. The van der Waals surface area contributed by atoms with Crippen molar-refractivity contribution in [2.24, 2.45) is 0 Å². The van der Waals surface area contributed by atoms with E-state index in [9.17, 15) is 0 Å². The van der Waals surface area contributed by atoms with Crippen LogP contribution in [0.5, 0.6) is 0 Å². The fourth-order valence-electron chi connectivity index (χ4n) is 3.38. The first-order valence-corrected chi connectivity index (χ1v) is 9.74. The third kappa shape index (κ3) is 4.54. The minimum Gasteiger partial charge on any atom is -0.378 e. The lowest BCUT2D eigenvalue weighted by Gasteiger charge is -2.30. The van der Waals surface area contributed by atoms with Crippen LogP contribution in [0.2, 0.25) is 0 Å². The van der Waals surface area contributed by atoms with E-state index in [1.807, 2.05) is 0 Å². The number of ether oxygens (including phenoxy) is 2. The summed E-state index contributed by atoms with van der Waals surface area (Å²) in [5.74, 6) is 2.29. The van der Waals surface area contributed by atoms with Gasteiger partial charge in [0.25, 0.3) is 0 Å². The van der Waals surface area contributed by atoms with E-state index in [4.69, 9.17) is 24.4 Å². The molecule has 1 aromatic heterocycles. The largest absolute Gasteiger partial charge is 0.378 e. The summed E-state index contributed by atoms with van der Waals surface area (Å²) in [7, 11) is 0. The number of hydrogen-bond donors (Lipinski definition) is 0. The van der Waals surface area contributed by atoms with Gasteiger partial charge < -0.3 is 19.3 Å². The summed E-state index contributed by atoms with van der Waals surface area (Å²) in [6.45, 7) is 8.26. The molecule has 0 bridgehead atoms. The third-order valence-electron chi connectivity index (χ3n) is 5.06. The molecule has 2 saturated heterocycles. The van der Waals surface area contributed by atoms with Gasteiger partial charge in [-0.15, -0.1) is 0 Å². The van der Waals surface area contributed by atoms with E-state index in [1.54, 1.807) is 0 Å². The van der Waals surface area contributed by atoms with Gasteiger partial charge in [-0.05, 0) is 25.3 Å². The monoisotopic (exact) mass is 369 g/mol. The van der Waals surface area contributed by atoms with E-state index < -0.39 is 0 Å². The van der Waals surface area contributed by atoms with Crippen LogP contribution in [0.3, 0.4) is 0 Å². The summed E-state index contributed by atoms with van der Waals surface area (Å²) in [6.07, 6.45) is 10.4. The Kier molecular flexibility index (Phi) is 5.79. The van der Waals surface area contributed by atoms with E-state index >= 15 is 0 Å². The molecule has 7 nitrogen and oxygen atoms in total. The van der Waals surface area contributed by atoms with Gasteiger partial charge in [0.2, 0.25) is 11.9 Å². The molecule has 2 fully saturated rings. The second kappa shape index (κ2) is 8.63. The predicted molar refractivity (Wildman–Crippen MR) is 106 cm³/mol. The zero-order chi connectivity index (χ0) is 18.5. The van der Waals surface area contributed by atoms with Crippen molar-refractivity contribution in [3.05, 3.63) is 35.7 Å². The van der Waals surface area contributed by atoms with Crippen molar-refractivity contribution in [1.29, 1.82) is 0 Å². The maximum absolute atomic E-state index is 5.49. The Balaban J connectivity index is 1.68. The molecular formula is C20H27N5O2. The Morgan fingerprint density at radius 1 is 0.741 bits per heavy atom. The summed E-state index contributed by atoms with van der Waals surface area (Å²) in [5, 5.41) is 0. The van der Waals surface area contributed by atoms with E-state index in [-0.39, 0.29) is 0 Å². The number of aromatic nitrogens is 3. The van der Waals surface area contributed by atoms with Crippen LogP contribution in [-0.4, -0.2) is 67.6 Å². The Morgan fingerprint density at radius 3 is 1.89 bits per heavy atom. The number of anilines is 2. The van der Waals surface area contributed by atoms with Crippen molar-refractivity contribution in [1.82, 2.24) is 15.0 Å². The normalized spacial score (nSPS) is 21.4. The van der Waals surface area contributed by atoms with Gasteiger partial charge in [0, 0.05) is 26.2 Å². The third-order valence-corrected chi connectivity index (χ3v) is 5.06. The van der Waals surface area contributed by atoms with Crippen LogP contribution < -0.4 is 9.80 Å². The SMILES string of the molecule is CC1=CC=CC=C(c2nc(N3CCOCC3)nc(N3CCOCC3)n2)CC1. The van der Waals surface area contributed by atoms with Crippen molar-refractivity contribution in [3.8, 4) is 0 Å². The lowest BCUT2D eigenvalue weighted by atomic mass is 10.0. The predicted octanol–water partition coefficient (Wildman–Crippen LogP) is 2.22. The maximum Gasteiger partial charge on any atom is 0.230 e. The standard InChI is InChI=1S/C20H27N5O2/c1-16-4-2-3-5-17(7-6-16)18-21-19(24-8-12-26-13-9-24)23-20(22-18)25-10-14-27-15-11-25/h2-5H,6-15H2,1H3. The number of hydrogen-bond acceptors (Lipinski definition) is 7. The van der Waals surface area contributed by atoms with Crippen LogP contribution in [0.4, 0.5) is 11.9 Å². The first-order valence-electron chi connectivity index (χ1n) is 9.74. The summed E-state index contributed by atoms with van der Waals surface area (Å²) in [6, 6.07) is 0. The Bertz CT molecular complexity index is 710. The van der Waals surface area contributed by atoms with Gasteiger partial charge in [0.1, 0.15) is 0 Å². The molecule has 0 aromatic carbocycles. The smallest absolute Gasteiger partial charge is 0.230 e. The van der Waals surface area contributed by atoms with Crippen LogP contribution in [0.1, 0.15) is 25.6 Å². The highest BCUT2D eigenvalue weighted by Gasteiger charge is 2.21. The molecule has 0 spiro atoms. The average molecular weight is 369 g/mol. The summed E-state index contributed by atoms with van der Waals surface area (Å²) in [4.78, 5) is 18.9. The lowest BCUT2D eigenvalue weighted by Crippen LogP contribution is -2.40. The van der Waals surface area contributed by atoms with Crippen LogP contribution in [0, 0.1) is 0 Å². The minimum absolute atomic E-state index is 0.712. The van der Waals surface area contributed by atoms with Crippen molar-refractivity contribution in [3.63, 3.8) is 0 Å². The minimum atomic E-state index is 0.712. The first kappa shape index (κ1) is 18.1. The van der Waals surface area contributed by atoms with Crippen LogP contribution in [0.25, 0.3) is 5.57 Å². The van der Waals surface area contributed by atoms with Gasteiger partial charge in [-0.25, -0.2) is 0 Å². The van der Waals surface area contributed by atoms with Gasteiger partial charge in [0.15, 0.2) is 5.82 Å². The van der Waals surface area contributed by atoms with E-state index in [1.165, 1.54) is 5.57 Å². The van der Waals surface area contributed by atoms with Gasteiger partial charge in [-0.1, -0.05) is 29.9 Å². The molecule has 0 amide bonds. The summed E-state index contributed by atoms with van der Waals surface area (Å²) in [5.41, 5.74) is 2.53. The van der Waals surface area contributed by atoms with Crippen molar-refractivity contribution < 1.29 is 9.47 Å². The molecule has 7 heteroatoms. The molecule has 0 atom stereocenters. The fourth-order valence-corrected chi connectivity index (χ4v) is 3.38. The molecular weight excluding hydrogens is 342 g/mol. The topological polar surface area (TPSA) is 63.6 Å². The molecule has 2 aliphatic heterocycles.